The van der Waals surface area contributed by atoms with Crippen molar-refractivity contribution < 1.29 is 17.9 Å². The van der Waals surface area contributed by atoms with Crippen LogP contribution in [-0.4, -0.2) is 26.4 Å². The van der Waals surface area contributed by atoms with E-state index in [-0.39, 0.29) is 10.8 Å². The van der Waals surface area contributed by atoms with E-state index in [2.05, 4.69) is 10.6 Å². The van der Waals surface area contributed by atoms with Gasteiger partial charge >= 0.3 is 0 Å². The second-order valence-corrected chi connectivity index (χ2v) is 7.96. The van der Waals surface area contributed by atoms with Gasteiger partial charge in [-0.25, -0.2) is 13.6 Å². The number of nitrogens with one attached hydrogen (secondary N) is 2. The van der Waals surface area contributed by atoms with E-state index in [0.29, 0.717) is 22.8 Å². The number of hydrogen-bond acceptors (Lipinski definition) is 6. The molecule has 1 aliphatic heterocycles. The minimum atomic E-state index is -3.76. The van der Waals surface area contributed by atoms with Crippen molar-refractivity contribution in [1.82, 2.24) is 5.32 Å². The van der Waals surface area contributed by atoms with E-state index in [1.54, 1.807) is 30.3 Å². The highest BCUT2D eigenvalue weighted by Crippen LogP contribution is 2.38. The first-order chi connectivity index (χ1) is 11.9. The Balaban J connectivity index is 1.74. The zero-order valence-corrected chi connectivity index (χ0v) is 15.0. The molecule has 7 nitrogen and oxygen atoms in total. The number of benzene rings is 2. The van der Waals surface area contributed by atoms with Crippen LogP contribution in [-0.2, 0) is 10.0 Å². The minimum absolute atomic E-state index is 0.0363. The summed E-state index contributed by atoms with van der Waals surface area (Å²) in [6, 6.07) is 11.5. The van der Waals surface area contributed by atoms with E-state index in [1.165, 1.54) is 23.9 Å². The molecular formula is C16H17N3O4S2. The van der Waals surface area contributed by atoms with Crippen molar-refractivity contribution in [2.24, 2.45) is 5.14 Å². The third-order valence-electron chi connectivity index (χ3n) is 3.51. The van der Waals surface area contributed by atoms with Crippen LogP contribution in [0.5, 0.6) is 5.75 Å². The summed E-state index contributed by atoms with van der Waals surface area (Å²) in [5.41, 5.74) is 0.752. The summed E-state index contributed by atoms with van der Waals surface area (Å²) in [6.45, 7) is 2.31. The van der Waals surface area contributed by atoms with Crippen LogP contribution >= 0.6 is 11.8 Å². The number of fused-ring (bicyclic) bond motifs is 1. The Bertz CT molecular complexity index is 915. The molecule has 4 N–H and O–H groups in total. The number of carbonyl (C=O) groups excluding carboxylic acids is 1. The molecule has 2 aromatic carbocycles. The average molecular weight is 379 g/mol. The van der Waals surface area contributed by atoms with Crippen molar-refractivity contribution in [1.29, 1.82) is 0 Å². The number of thioether (sulfide) groups is 1. The van der Waals surface area contributed by atoms with Crippen LogP contribution in [0.4, 0.5) is 5.69 Å². The van der Waals surface area contributed by atoms with Crippen molar-refractivity contribution >= 4 is 33.4 Å². The SMILES string of the molecule is CCOc1ccccc1C(=O)NC1Nc2ccc(S(N)(=O)=O)cc2S1. The summed E-state index contributed by atoms with van der Waals surface area (Å²) in [5, 5.41) is 11.1. The lowest BCUT2D eigenvalue weighted by Crippen LogP contribution is -2.36. The molecular weight excluding hydrogens is 362 g/mol. The lowest BCUT2D eigenvalue weighted by molar-refractivity contribution is 0.0949. The van der Waals surface area contributed by atoms with Gasteiger partial charge in [0.2, 0.25) is 10.0 Å². The zero-order valence-electron chi connectivity index (χ0n) is 13.4. The summed E-state index contributed by atoms with van der Waals surface area (Å²) < 4.78 is 28.4. The third kappa shape index (κ3) is 3.89. The van der Waals surface area contributed by atoms with E-state index in [9.17, 15) is 13.2 Å². The van der Waals surface area contributed by atoms with Crippen LogP contribution < -0.4 is 20.5 Å². The normalized spacial score (nSPS) is 16.0. The van der Waals surface area contributed by atoms with Crippen LogP contribution in [0.25, 0.3) is 0 Å². The van der Waals surface area contributed by atoms with Crippen molar-refractivity contribution in [3.63, 3.8) is 0 Å². The van der Waals surface area contributed by atoms with Crippen molar-refractivity contribution in [3.8, 4) is 5.75 Å². The highest BCUT2D eigenvalue weighted by Gasteiger charge is 2.25. The molecule has 3 rings (SSSR count). The van der Waals surface area contributed by atoms with Crippen molar-refractivity contribution in [2.45, 2.75) is 22.2 Å². The maximum Gasteiger partial charge on any atom is 0.257 e. The third-order valence-corrected chi connectivity index (χ3v) is 5.48. The van der Waals surface area contributed by atoms with Crippen molar-refractivity contribution in [3.05, 3.63) is 48.0 Å². The highest BCUT2D eigenvalue weighted by atomic mass is 32.2. The number of primary sulfonamides is 1. The lowest BCUT2D eigenvalue weighted by Gasteiger charge is -2.15. The summed E-state index contributed by atoms with van der Waals surface area (Å²) in [7, 11) is -3.76. The maximum atomic E-state index is 12.5. The van der Waals surface area contributed by atoms with Gasteiger partial charge in [0.15, 0.2) is 5.50 Å². The molecule has 0 spiro atoms. The van der Waals surface area contributed by atoms with Gasteiger partial charge in [0.1, 0.15) is 5.75 Å². The van der Waals surface area contributed by atoms with Crippen LogP contribution in [0.15, 0.2) is 52.3 Å². The smallest absolute Gasteiger partial charge is 0.257 e. The largest absolute Gasteiger partial charge is 0.493 e. The van der Waals surface area contributed by atoms with Gasteiger partial charge in [0.25, 0.3) is 5.91 Å². The summed E-state index contributed by atoms with van der Waals surface area (Å²) in [4.78, 5) is 13.3. The number of anilines is 1. The first kappa shape index (κ1) is 17.6. The number of amides is 1. The molecule has 1 heterocycles. The molecule has 0 bridgehead atoms. The quantitative estimate of drug-likeness (QED) is 0.732. The standard InChI is InChI=1S/C16H17N3O4S2/c1-2-23-13-6-4-3-5-11(13)15(20)19-16-18-12-8-7-10(25(17,21)22)9-14(12)24-16/h3-9,16,18H,2H2,1H3,(H,19,20)(H2,17,21,22). The number of ether oxygens (including phenoxy) is 1. The number of rotatable bonds is 5. The number of hydrogen-bond donors (Lipinski definition) is 3. The van der Waals surface area contributed by atoms with Gasteiger partial charge in [-0.05, 0) is 37.3 Å². The molecule has 2 aromatic rings. The van der Waals surface area contributed by atoms with Gasteiger partial charge < -0.3 is 15.4 Å². The highest BCUT2D eigenvalue weighted by molar-refractivity contribution is 8.00. The molecule has 0 aromatic heterocycles. The van der Waals surface area contributed by atoms with E-state index in [0.717, 1.165) is 5.69 Å². The average Bonchev–Trinajstić information content (AvgIpc) is 2.96. The van der Waals surface area contributed by atoms with E-state index in [1.807, 2.05) is 6.92 Å². The van der Waals surface area contributed by atoms with Gasteiger partial charge in [-0.2, -0.15) is 0 Å². The molecule has 1 unspecified atom stereocenters. The Hall–Kier alpha value is -2.23. The number of carbonyl (C=O) groups is 1. The van der Waals surface area contributed by atoms with E-state index >= 15 is 0 Å². The molecule has 25 heavy (non-hydrogen) atoms. The molecule has 1 atom stereocenters. The molecule has 9 heteroatoms. The van der Waals surface area contributed by atoms with Gasteiger partial charge in [-0.3, -0.25) is 4.79 Å². The Morgan fingerprint density at radius 3 is 2.80 bits per heavy atom. The molecule has 0 aliphatic carbocycles. The second kappa shape index (κ2) is 6.95. The molecule has 1 amide bonds. The Kier molecular flexibility index (Phi) is 4.89. The molecule has 1 aliphatic rings. The fraction of sp³-hybridized carbons (Fsp3) is 0.188. The molecule has 132 valence electrons. The molecule has 0 saturated carbocycles. The van der Waals surface area contributed by atoms with Crippen LogP contribution in [0.3, 0.4) is 0 Å². The first-order valence-corrected chi connectivity index (χ1v) is 9.94. The molecule has 0 saturated heterocycles. The monoisotopic (exact) mass is 379 g/mol. The van der Waals surface area contributed by atoms with Gasteiger partial charge in [-0.15, -0.1) is 0 Å². The Morgan fingerprint density at radius 2 is 2.08 bits per heavy atom. The van der Waals surface area contributed by atoms with Gasteiger partial charge in [0.05, 0.1) is 22.8 Å². The summed E-state index contributed by atoms with van der Waals surface area (Å²) in [6.07, 6.45) is 0. The Labute approximate surface area is 150 Å². The predicted octanol–water partition coefficient (Wildman–Crippen LogP) is 1.96. The van der Waals surface area contributed by atoms with E-state index in [4.69, 9.17) is 9.88 Å². The summed E-state index contributed by atoms with van der Waals surface area (Å²) in [5.74, 6) is 0.230. The number of sulfonamides is 1. The lowest BCUT2D eigenvalue weighted by atomic mass is 10.2. The number of para-hydroxylation sites is 1. The van der Waals surface area contributed by atoms with Crippen LogP contribution in [0.1, 0.15) is 17.3 Å². The second-order valence-electron chi connectivity index (χ2n) is 5.25. The van der Waals surface area contributed by atoms with E-state index < -0.39 is 15.5 Å². The molecule has 0 fully saturated rings. The van der Waals surface area contributed by atoms with Crippen LogP contribution in [0, 0.1) is 0 Å². The minimum Gasteiger partial charge on any atom is -0.493 e. The fourth-order valence-corrected chi connectivity index (χ4v) is 4.06. The molecule has 0 radical (unpaired) electrons. The number of nitrogens with two attached hydrogens (primary N) is 1. The zero-order chi connectivity index (χ0) is 18.0. The topological polar surface area (TPSA) is 111 Å². The predicted molar refractivity (Wildman–Crippen MR) is 96.2 cm³/mol. The Morgan fingerprint density at radius 1 is 1.32 bits per heavy atom. The van der Waals surface area contributed by atoms with Crippen LogP contribution in [0.2, 0.25) is 0 Å². The summed E-state index contributed by atoms with van der Waals surface area (Å²) >= 11 is 1.30. The first-order valence-electron chi connectivity index (χ1n) is 7.51. The van der Waals surface area contributed by atoms with Gasteiger partial charge in [0, 0.05) is 4.90 Å². The van der Waals surface area contributed by atoms with Gasteiger partial charge in [-0.1, -0.05) is 23.9 Å². The van der Waals surface area contributed by atoms with Crippen molar-refractivity contribution in [2.75, 3.05) is 11.9 Å². The maximum absolute atomic E-state index is 12.5. The fourth-order valence-electron chi connectivity index (χ4n) is 2.39.